The lowest BCUT2D eigenvalue weighted by molar-refractivity contribution is 0.102. The van der Waals surface area contributed by atoms with Crippen molar-refractivity contribution in [1.82, 2.24) is 14.1 Å². The number of hydrogen-bond acceptors (Lipinski definition) is 4. The summed E-state index contributed by atoms with van der Waals surface area (Å²) in [4.78, 5) is 41.7. The zero-order chi connectivity index (χ0) is 18.3. The monoisotopic (exact) mass is 402 g/mol. The van der Waals surface area contributed by atoms with Crippen LogP contribution in [0.2, 0.25) is 0 Å². The molecule has 0 atom stereocenters. The standard InChI is InChI=1S/C17H15BrN4O3/c1-9-7-12(15(23)20-11-6-4-5-10(18)8-11)13-14(19-9)21(2)17(25)22(3)16(13)24/h4-8H,1-3H3,(H,20,23). The Kier molecular flexibility index (Phi) is 4.30. The quantitative estimate of drug-likeness (QED) is 0.709. The molecule has 0 bridgehead atoms. The van der Waals surface area contributed by atoms with Gasteiger partial charge in [-0.2, -0.15) is 0 Å². The van der Waals surface area contributed by atoms with Gasteiger partial charge in [-0.1, -0.05) is 22.0 Å². The molecule has 0 aliphatic carbocycles. The maximum absolute atomic E-state index is 12.8. The van der Waals surface area contributed by atoms with Crippen molar-refractivity contribution >= 4 is 38.6 Å². The van der Waals surface area contributed by atoms with Gasteiger partial charge < -0.3 is 5.32 Å². The number of anilines is 1. The second-order valence-corrected chi connectivity index (χ2v) is 6.60. The highest BCUT2D eigenvalue weighted by Gasteiger charge is 2.19. The minimum atomic E-state index is -0.551. The molecule has 25 heavy (non-hydrogen) atoms. The fourth-order valence-electron chi connectivity index (χ4n) is 2.62. The first-order valence-corrected chi connectivity index (χ1v) is 8.23. The van der Waals surface area contributed by atoms with Gasteiger partial charge in [0, 0.05) is 29.9 Å². The lowest BCUT2D eigenvalue weighted by Crippen LogP contribution is -2.38. The van der Waals surface area contributed by atoms with E-state index in [1.54, 1.807) is 31.2 Å². The lowest BCUT2D eigenvalue weighted by Gasteiger charge is -2.12. The molecule has 0 spiro atoms. The van der Waals surface area contributed by atoms with Crippen molar-refractivity contribution in [2.45, 2.75) is 6.92 Å². The van der Waals surface area contributed by atoms with Crippen molar-refractivity contribution < 1.29 is 4.79 Å². The van der Waals surface area contributed by atoms with Crippen LogP contribution >= 0.6 is 15.9 Å². The van der Waals surface area contributed by atoms with E-state index < -0.39 is 17.2 Å². The number of aromatic nitrogens is 3. The summed E-state index contributed by atoms with van der Waals surface area (Å²) < 4.78 is 3.05. The molecular weight excluding hydrogens is 388 g/mol. The highest BCUT2D eigenvalue weighted by atomic mass is 79.9. The summed E-state index contributed by atoms with van der Waals surface area (Å²) in [5, 5.41) is 2.88. The maximum atomic E-state index is 12.8. The van der Waals surface area contributed by atoms with Gasteiger partial charge in [0.1, 0.15) is 5.65 Å². The minimum Gasteiger partial charge on any atom is -0.322 e. The van der Waals surface area contributed by atoms with E-state index in [9.17, 15) is 14.4 Å². The van der Waals surface area contributed by atoms with E-state index in [2.05, 4.69) is 26.2 Å². The summed E-state index contributed by atoms with van der Waals surface area (Å²) in [6.45, 7) is 1.71. The number of carbonyl (C=O) groups is 1. The zero-order valence-electron chi connectivity index (χ0n) is 13.8. The number of fused-ring (bicyclic) bond motifs is 1. The molecule has 0 aliphatic rings. The Morgan fingerprint density at radius 1 is 1.16 bits per heavy atom. The first-order valence-electron chi connectivity index (χ1n) is 7.44. The Balaban J connectivity index is 2.24. The molecule has 1 N–H and O–H groups in total. The second-order valence-electron chi connectivity index (χ2n) is 5.68. The lowest BCUT2D eigenvalue weighted by atomic mass is 10.1. The van der Waals surface area contributed by atoms with Crippen LogP contribution in [0, 0.1) is 6.92 Å². The van der Waals surface area contributed by atoms with Crippen molar-refractivity contribution in [3.63, 3.8) is 0 Å². The molecule has 2 aromatic heterocycles. The molecule has 1 amide bonds. The average molecular weight is 403 g/mol. The molecule has 1 aromatic carbocycles. The summed E-state index contributed by atoms with van der Waals surface area (Å²) in [5.74, 6) is -0.440. The van der Waals surface area contributed by atoms with E-state index in [1.165, 1.54) is 18.7 Å². The van der Waals surface area contributed by atoms with Crippen LogP contribution in [0.15, 0.2) is 44.4 Å². The SMILES string of the molecule is Cc1cc(C(=O)Nc2cccc(Br)c2)c2c(=O)n(C)c(=O)n(C)c2n1. The van der Waals surface area contributed by atoms with Gasteiger partial charge in [-0.15, -0.1) is 0 Å². The van der Waals surface area contributed by atoms with E-state index in [-0.39, 0.29) is 16.6 Å². The van der Waals surface area contributed by atoms with Crippen molar-refractivity contribution in [1.29, 1.82) is 0 Å². The van der Waals surface area contributed by atoms with Gasteiger partial charge in [0.15, 0.2) is 0 Å². The molecule has 7 nitrogen and oxygen atoms in total. The summed E-state index contributed by atoms with van der Waals surface area (Å²) in [5.41, 5.74) is 0.448. The number of halogens is 1. The molecule has 2 heterocycles. The first kappa shape index (κ1) is 17.1. The number of nitrogens with zero attached hydrogens (tertiary/aromatic N) is 3. The number of aryl methyl sites for hydroxylation is 2. The molecule has 128 valence electrons. The summed E-state index contributed by atoms with van der Waals surface area (Å²) in [6, 6.07) is 8.67. The number of nitrogens with one attached hydrogen (secondary N) is 1. The second kappa shape index (κ2) is 6.29. The molecule has 0 aliphatic heterocycles. The Hall–Kier alpha value is -2.74. The van der Waals surface area contributed by atoms with Crippen molar-refractivity contribution in [3.8, 4) is 0 Å². The molecule has 0 radical (unpaired) electrons. The van der Waals surface area contributed by atoms with Crippen LogP contribution in [0.3, 0.4) is 0 Å². The van der Waals surface area contributed by atoms with Gasteiger partial charge in [0.05, 0.1) is 10.9 Å². The van der Waals surface area contributed by atoms with Gasteiger partial charge in [-0.25, -0.2) is 9.78 Å². The van der Waals surface area contributed by atoms with Gasteiger partial charge in [-0.3, -0.25) is 18.7 Å². The van der Waals surface area contributed by atoms with Gasteiger partial charge in [0.2, 0.25) is 0 Å². The molecule has 8 heteroatoms. The van der Waals surface area contributed by atoms with Crippen LogP contribution in [0.25, 0.3) is 11.0 Å². The normalized spacial score (nSPS) is 10.9. The Labute approximate surface area is 151 Å². The van der Waals surface area contributed by atoms with Crippen LogP contribution in [-0.2, 0) is 14.1 Å². The number of carbonyl (C=O) groups excluding carboxylic acids is 1. The van der Waals surface area contributed by atoms with E-state index in [4.69, 9.17) is 0 Å². The van der Waals surface area contributed by atoms with Crippen LogP contribution in [0.5, 0.6) is 0 Å². The molecule has 3 aromatic rings. The first-order chi connectivity index (χ1) is 11.8. The third kappa shape index (κ3) is 3.00. The fourth-order valence-corrected chi connectivity index (χ4v) is 3.02. The predicted molar refractivity (Wildman–Crippen MR) is 99.1 cm³/mol. The van der Waals surface area contributed by atoms with Crippen LogP contribution < -0.4 is 16.6 Å². The Morgan fingerprint density at radius 2 is 1.88 bits per heavy atom. The number of rotatable bonds is 2. The third-order valence-electron chi connectivity index (χ3n) is 3.87. The van der Waals surface area contributed by atoms with Crippen molar-refractivity contribution in [3.05, 3.63) is 66.9 Å². The average Bonchev–Trinajstić information content (AvgIpc) is 2.57. The number of pyridine rings is 1. The van der Waals surface area contributed by atoms with E-state index in [0.717, 1.165) is 9.04 Å². The number of amides is 1. The zero-order valence-corrected chi connectivity index (χ0v) is 15.4. The predicted octanol–water partition coefficient (Wildman–Crippen LogP) is 1.96. The number of benzene rings is 1. The smallest absolute Gasteiger partial charge is 0.322 e. The van der Waals surface area contributed by atoms with Crippen LogP contribution in [-0.4, -0.2) is 20.0 Å². The van der Waals surface area contributed by atoms with E-state index >= 15 is 0 Å². The molecule has 3 rings (SSSR count). The summed E-state index contributed by atoms with van der Waals surface area (Å²) in [7, 11) is 2.90. The van der Waals surface area contributed by atoms with Crippen molar-refractivity contribution in [2.24, 2.45) is 14.1 Å². The molecule has 0 fully saturated rings. The van der Waals surface area contributed by atoms with E-state index in [1.807, 2.05) is 6.07 Å². The van der Waals surface area contributed by atoms with Gasteiger partial charge >= 0.3 is 5.69 Å². The van der Waals surface area contributed by atoms with Gasteiger partial charge in [-0.05, 0) is 31.2 Å². The highest BCUT2D eigenvalue weighted by Crippen LogP contribution is 2.19. The largest absolute Gasteiger partial charge is 0.332 e. The van der Waals surface area contributed by atoms with Gasteiger partial charge in [0.25, 0.3) is 11.5 Å². The highest BCUT2D eigenvalue weighted by molar-refractivity contribution is 9.10. The molecule has 0 unspecified atom stereocenters. The molecular formula is C17H15BrN4O3. The van der Waals surface area contributed by atoms with E-state index in [0.29, 0.717) is 11.4 Å². The number of hydrogen-bond donors (Lipinski definition) is 1. The topological polar surface area (TPSA) is 86.0 Å². The third-order valence-corrected chi connectivity index (χ3v) is 4.36. The summed E-state index contributed by atoms with van der Waals surface area (Å²) in [6.07, 6.45) is 0. The Bertz CT molecular complexity index is 1130. The fraction of sp³-hybridized carbons (Fsp3) is 0.176. The van der Waals surface area contributed by atoms with Crippen LogP contribution in [0.1, 0.15) is 16.1 Å². The maximum Gasteiger partial charge on any atom is 0.332 e. The molecule has 0 saturated carbocycles. The minimum absolute atomic E-state index is 0.114. The van der Waals surface area contributed by atoms with Crippen LogP contribution in [0.4, 0.5) is 5.69 Å². The Morgan fingerprint density at radius 3 is 2.56 bits per heavy atom. The molecule has 0 saturated heterocycles. The summed E-state index contributed by atoms with van der Waals surface area (Å²) >= 11 is 3.35. The van der Waals surface area contributed by atoms with Crippen molar-refractivity contribution in [2.75, 3.05) is 5.32 Å².